The number of carbonyl (C=O) groups excluding carboxylic acids is 2. The Morgan fingerprint density at radius 2 is 2.10 bits per heavy atom. The molecule has 0 unspecified atom stereocenters. The van der Waals surface area contributed by atoms with Crippen LogP contribution in [0.15, 0.2) is 22.1 Å². The van der Waals surface area contributed by atoms with Crippen molar-refractivity contribution in [2.75, 3.05) is 12.4 Å². The van der Waals surface area contributed by atoms with Gasteiger partial charge in [0.15, 0.2) is 10.8 Å². The van der Waals surface area contributed by atoms with E-state index in [0.717, 1.165) is 0 Å². The second kappa shape index (κ2) is 6.36. The van der Waals surface area contributed by atoms with Crippen molar-refractivity contribution in [1.29, 1.82) is 0 Å². The molecule has 2 aromatic rings. The maximum Gasteiger partial charge on any atom is 0.284 e. The third kappa shape index (κ3) is 3.30. The van der Waals surface area contributed by atoms with E-state index in [1.165, 1.54) is 18.3 Å². The van der Waals surface area contributed by atoms with Gasteiger partial charge in [0.1, 0.15) is 10.4 Å². The Kier molecular flexibility index (Phi) is 4.74. The molecule has 0 saturated carbocycles. The smallest absolute Gasteiger partial charge is 0.284 e. The van der Waals surface area contributed by atoms with E-state index in [1.54, 1.807) is 31.5 Å². The highest BCUT2D eigenvalue weighted by Crippen LogP contribution is 2.30. The third-order valence-electron chi connectivity index (χ3n) is 2.92. The molecular formula is C14H13BrN2O3S. The van der Waals surface area contributed by atoms with E-state index in [-0.39, 0.29) is 11.7 Å². The molecule has 0 bridgehead atoms. The first kappa shape index (κ1) is 15.7. The van der Waals surface area contributed by atoms with Gasteiger partial charge >= 0.3 is 0 Å². The molecule has 1 N–H and O–H groups in total. The second-order valence-electron chi connectivity index (χ2n) is 4.30. The summed E-state index contributed by atoms with van der Waals surface area (Å²) >= 11 is 4.43. The van der Waals surface area contributed by atoms with Crippen LogP contribution in [0.5, 0.6) is 5.75 Å². The number of rotatable bonds is 4. The highest BCUT2D eigenvalue weighted by molar-refractivity contribution is 9.10. The average Bonchev–Trinajstić information content (AvgIpc) is 2.87. The van der Waals surface area contributed by atoms with Gasteiger partial charge in [-0.05, 0) is 41.9 Å². The lowest BCUT2D eigenvalue weighted by atomic mass is 10.0. The first-order valence-electron chi connectivity index (χ1n) is 6.05. The van der Waals surface area contributed by atoms with Crippen molar-refractivity contribution in [3.63, 3.8) is 0 Å². The van der Waals surface area contributed by atoms with Gasteiger partial charge < -0.3 is 10.1 Å². The van der Waals surface area contributed by atoms with Crippen LogP contribution in [0.1, 0.15) is 32.6 Å². The number of carbonyl (C=O) groups is 2. The maximum absolute atomic E-state index is 12.2. The number of halogens is 1. The molecule has 21 heavy (non-hydrogen) atoms. The fourth-order valence-electron chi connectivity index (χ4n) is 1.89. The summed E-state index contributed by atoms with van der Waals surface area (Å²) in [6, 6.07) is 3.35. The number of hydrogen-bond acceptors (Lipinski definition) is 5. The Morgan fingerprint density at radius 3 is 2.62 bits per heavy atom. The Labute approximate surface area is 134 Å². The molecular weight excluding hydrogens is 356 g/mol. The normalized spacial score (nSPS) is 10.3. The summed E-state index contributed by atoms with van der Waals surface area (Å²) in [5.74, 6) is 0.122. The summed E-state index contributed by atoms with van der Waals surface area (Å²) < 4.78 is 5.83. The van der Waals surface area contributed by atoms with Crippen LogP contribution in [0.3, 0.4) is 0 Å². The molecule has 1 heterocycles. The molecule has 0 atom stereocenters. The van der Waals surface area contributed by atoms with E-state index in [9.17, 15) is 9.59 Å². The number of methoxy groups -OCH3 is 1. The van der Waals surface area contributed by atoms with Crippen molar-refractivity contribution < 1.29 is 14.3 Å². The summed E-state index contributed by atoms with van der Waals surface area (Å²) in [5, 5.41) is 4.79. The predicted molar refractivity (Wildman–Crippen MR) is 85.5 cm³/mol. The van der Waals surface area contributed by atoms with Crippen LogP contribution in [-0.2, 0) is 0 Å². The number of amides is 1. The Balaban J connectivity index is 2.42. The van der Waals surface area contributed by atoms with Crippen molar-refractivity contribution >= 4 is 44.6 Å². The van der Waals surface area contributed by atoms with E-state index in [1.807, 2.05) is 0 Å². The van der Waals surface area contributed by atoms with E-state index in [4.69, 9.17) is 4.74 Å². The molecule has 110 valence electrons. The Hall–Kier alpha value is -1.73. The zero-order valence-corrected chi connectivity index (χ0v) is 14.1. The molecule has 5 nitrogen and oxygen atoms in total. The van der Waals surface area contributed by atoms with E-state index >= 15 is 0 Å². The molecule has 1 aromatic heterocycles. The molecule has 2 rings (SSSR count). The zero-order valence-electron chi connectivity index (χ0n) is 11.7. The molecule has 1 amide bonds. The van der Waals surface area contributed by atoms with Crippen molar-refractivity contribution in [3.05, 3.63) is 38.3 Å². The Bertz CT molecular complexity index is 712. The standard InChI is InChI=1S/C14H13BrN2O3S/c1-7-10(20-3)5-4-9(8(2)18)12(7)17-13(19)14-16-11(15)6-21-14/h4-6H,1-3H3,(H,17,19). The van der Waals surface area contributed by atoms with Gasteiger partial charge in [0, 0.05) is 16.5 Å². The topological polar surface area (TPSA) is 68.3 Å². The summed E-state index contributed by atoms with van der Waals surface area (Å²) in [5.41, 5.74) is 1.60. The number of nitrogens with zero attached hydrogens (tertiary/aromatic N) is 1. The largest absolute Gasteiger partial charge is 0.496 e. The number of anilines is 1. The minimum absolute atomic E-state index is 0.128. The molecule has 7 heteroatoms. The number of aromatic nitrogens is 1. The van der Waals surface area contributed by atoms with Crippen LogP contribution in [0.4, 0.5) is 5.69 Å². The van der Waals surface area contributed by atoms with E-state index in [2.05, 4.69) is 26.2 Å². The first-order valence-corrected chi connectivity index (χ1v) is 7.72. The first-order chi connectivity index (χ1) is 9.93. The van der Waals surface area contributed by atoms with Crippen LogP contribution in [-0.4, -0.2) is 23.8 Å². The molecule has 1 aromatic carbocycles. The van der Waals surface area contributed by atoms with Gasteiger partial charge in [0.2, 0.25) is 0 Å². The van der Waals surface area contributed by atoms with Gasteiger partial charge in [-0.2, -0.15) is 0 Å². The lowest BCUT2D eigenvalue weighted by molar-refractivity contribution is 0.101. The maximum atomic E-state index is 12.2. The molecule has 0 aliphatic carbocycles. The number of hydrogen-bond donors (Lipinski definition) is 1. The van der Waals surface area contributed by atoms with Crippen molar-refractivity contribution in [3.8, 4) is 5.75 Å². The number of nitrogens with one attached hydrogen (secondary N) is 1. The number of thiazole rings is 1. The van der Waals surface area contributed by atoms with Crippen LogP contribution in [0.25, 0.3) is 0 Å². The van der Waals surface area contributed by atoms with Crippen LogP contribution in [0.2, 0.25) is 0 Å². The number of ether oxygens (including phenoxy) is 1. The van der Waals surface area contributed by atoms with Gasteiger partial charge in [-0.3, -0.25) is 9.59 Å². The molecule has 0 radical (unpaired) electrons. The highest BCUT2D eigenvalue weighted by atomic mass is 79.9. The van der Waals surface area contributed by atoms with E-state index < -0.39 is 0 Å². The van der Waals surface area contributed by atoms with Gasteiger partial charge in [-0.15, -0.1) is 11.3 Å². The summed E-state index contributed by atoms with van der Waals surface area (Å²) in [4.78, 5) is 28.0. The summed E-state index contributed by atoms with van der Waals surface area (Å²) in [6.07, 6.45) is 0. The highest BCUT2D eigenvalue weighted by Gasteiger charge is 2.18. The number of benzene rings is 1. The van der Waals surface area contributed by atoms with Crippen LogP contribution >= 0.6 is 27.3 Å². The van der Waals surface area contributed by atoms with Crippen molar-refractivity contribution in [1.82, 2.24) is 4.98 Å². The lowest BCUT2D eigenvalue weighted by Crippen LogP contribution is -2.15. The average molecular weight is 369 g/mol. The molecule has 0 aliphatic heterocycles. The quantitative estimate of drug-likeness (QED) is 0.835. The summed E-state index contributed by atoms with van der Waals surface area (Å²) in [7, 11) is 1.54. The van der Waals surface area contributed by atoms with E-state index in [0.29, 0.717) is 32.2 Å². The minimum Gasteiger partial charge on any atom is -0.496 e. The number of ketones is 1. The fraction of sp³-hybridized carbons (Fsp3) is 0.214. The minimum atomic E-state index is -0.357. The predicted octanol–water partition coefficient (Wildman–Crippen LogP) is 3.68. The monoisotopic (exact) mass is 368 g/mol. The summed E-state index contributed by atoms with van der Waals surface area (Å²) in [6.45, 7) is 3.25. The zero-order chi connectivity index (χ0) is 15.6. The molecule has 0 aliphatic rings. The van der Waals surface area contributed by atoms with Gasteiger partial charge in [-0.1, -0.05) is 0 Å². The second-order valence-corrected chi connectivity index (χ2v) is 5.97. The van der Waals surface area contributed by atoms with Gasteiger partial charge in [0.05, 0.1) is 12.8 Å². The number of Topliss-reactive ketones (excluding diaryl/α,β-unsaturated/α-hetero) is 1. The Morgan fingerprint density at radius 1 is 1.38 bits per heavy atom. The fourth-order valence-corrected chi connectivity index (χ4v) is 3.04. The van der Waals surface area contributed by atoms with Crippen LogP contribution < -0.4 is 10.1 Å². The van der Waals surface area contributed by atoms with Gasteiger partial charge in [-0.25, -0.2) is 4.98 Å². The van der Waals surface area contributed by atoms with Crippen LogP contribution in [0, 0.1) is 6.92 Å². The van der Waals surface area contributed by atoms with Crippen molar-refractivity contribution in [2.24, 2.45) is 0 Å². The molecule has 0 saturated heterocycles. The SMILES string of the molecule is COc1ccc(C(C)=O)c(NC(=O)c2nc(Br)cs2)c1C. The van der Waals surface area contributed by atoms with Gasteiger partial charge in [0.25, 0.3) is 5.91 Å². The molecule has 0 fully saturated rings. The third-order valence-corrected chi connectivity index (χ3v) is 4.47. The lowest BCUT2D eigenvalue weighted by Gasteiger charge is -2.14. The van der Waals surface area contributed by atoms with Crippen molar-refractivity contribution in [2.45, 2.75) is 13.8 Å². The molecule has 0 spiro atoms.